The Morgan fingerprint density at radius 1 is 1.53 bits per heavy atom. The lowest BCUT2D eigenvalue weighted by Gasteiger charge is -2.21. The van der Waals surface area contributed by atoms with Gasteiger partial charge in [0.1, 0.15) is 5.60 Å². The molecule has 1 saturated carbocycles. The second-order valence-corrected chi connectivity index (χ2v) is 5.44. The number of carbonyl (C=O) groups excluding carboxylic acids is 1. The Morgan fingerprint density at radius 3 is 2.40 bits per heavy atom. The molecule has 0 bridgehead atoms. The van der Waals surface area contributed by atoms with Gasteiger partial charge < -0.3 is 15.8 Å². The number of hydrogen-bond donors (Lipinski definition) is 2. The second kappa shape index (κ2) is 3.96. The average Bonchev–Trinajstić information content (AvgIpc) is 2.77. The predicted octanol–water partition coefficient (Wildman–Crippen LogP) is 1.58. The third-order valence-corrected chi connectivity index (χ3v) is 2.78. The number of nitrogens with two attached hydrogens (primary N) is 1. The number of ether oxygens (including phenoxy) is 1. The van der Waals surface area contributed by atoms with E-state index < -0.39 is 11.7 Å². The van der Waals surface area contributed by atoms with Crippen molar-refractivity contribution in [3.8, 4) is 0 Å². The van der Waals surface area contributed by atoms with Crippen molar-refractivity contribution in [1.82, 2.24) is 5.32 Å². The molecule has 0 radical (unpaired) electrons. The van der Waals surface area contributed by atoms with E-state index in [9.17, 15) is 4.79 Å². The Balaban J connectivity index is 2.32. The Kier molecular flexibility index (Phi) is 3.23. The molecule has 4 nitrogen and oxygen atoms in total. The van der Waals surface area contributed by atoms with Crippen LogP contribution in [0.1, 0.15) is 33.6 Å². The van der Waals surface area contributed by atoms with Gasteiger partial charge in [-0.05, 0) is 33.6 Å². The van der Waals surface area contributed by atoms with Crippen molar-refractivity contribution in [2.45, 2.75) is 39.2 Å². The molecule has 0 aromatic rings. The van der Waals surface area contributed by atoms with E-state index in [-0.39, 0.29) is 5.41 Å². The first-order valence-corrected chi connectivity index (χ1v) is 5.43. The highest BCUT2D eigenvalue weighted by molar-refractivity contribution is 7.80. The summed E-state index contributed by atoms with van der Waals surface area (Å²) in [7, 11) is 0. The van der Waals surface area contributed by atoms with Crippen LogP contribution in [0.4, 0.5) is 4.79 Å². The van der Waals surface area contributed by atoms with Crippen molar-refractivity contribution in [1.29, 1.82) is 0 Å². The third kappa shape index (κ3) is 3.66. The van der Waals surface area contributed by atoms with Crippen molar-refractivity contribution >= 4 is 23.3 Å². The number of alkyl carbamates (subject to hydrolysis) is 1. The highest BCUT2D eigenvalue weighted by atomic mass is 32.1. The van der Waals surface area contributed by atoms with Crippen LogP contribution in [0.2, 0.25) is 0 Å². The summed E-state index contributed by atoms with van der Waals surface area (Å²) in [5, 5.41) is 2.69. The summed E-state index contributed by atoms with van der Waals surface area (Å²) in [6, 6.07) is 0. The summed E-state index contributed by atoms with van der Waals surface area (Å²) in [4.78, 5) is 11.8. The molecule has 0 aliphatic heterocycles. The maximum Gasteiger partial charge on any atom is 0.407 e. The number of rotatable bonds is 3. The Hall–Kier alpha value is -0.840. The maximum absolute atomic E-state index is 11.3. The van der Waals surface area contributed by atoms with Gasteiger partial charge in [0.05, 0.1) is 4.99 Å². The largest absolute Gasteiger partial charge is 0.444 e. The first-order chi connectivity index (χ1) is 6.75. The first-order valence-electron chi connectivity index (χ1n) is 5.02. The highest BCUT2D eigenvalue weighted by Crippen LogP contribution is 2.45. The van der Waals surface area contributed by atoms with Crippen molar-refractivity contribution < 1.29 is 9.53 Å². The summed E-state index contributed by atoms with van der Waals surface area (Å²) < 4.78 is 5.11. The molecule has 0 aromatic heterocycles. The molecule has 1 amide bonds. The molecule has 0 atom stereocenters. The van der Waals surface area contributed by atoms with E-state index in [0.717, 1.165) is 12.8 Å². The molecule has 1 rings (SSSR count). The Bertz CT molecular complexity index is 280. The van der Waals surface area contributed by atoms with Gasteiger partial charge in [-0.1, -0.05) is 12.2 Å². The molecule has 1 fully saturated rings. The van der Waals surface area contributed by atoms with Gasteiger partial charge in [0.2, 0.25) is 0 Å². The second-order valence-electron chi connectivity index (χ2n) is 5.00. The predicted molar refractivity (Wildman–Crippen MR) is 62.7 cm³/mol. The van der Waals surface area contributed by atoms with Crippen LogP contribution < -0.4 is 11.1 Å². The first kappa shape index (κ1) is 12.2. The smallest absolute Gasteiger partial charge is 0.407 e. The third-order valence-electron chi connectivity index (χ3n) is 2.35. The molecular formula is C10H18N2O2S. The van der Waals surface area contributed by atoms with Crippen LogP contribution >= 0.6 is 12.2 Å². The van der Waals surface area contributed by atoms with Gasteiger partial charge in [-0.2, -0.15) is 0 Å². The SMILES string of the molecule is CC(C)(C)OC(=O)NCC1(C(N)=S)CC1. The van der Waals surface area contributed by atoms with Gasteiger partial charge in [0.25, 0.3) is 0 Å². The molecule has 5 heteroatoms. The minimum Gasteiger partial charge on any atom is -0.444 e. The van der Waals surface area contributed by atoms with Gasteiger partial charge in [-0.3, -0.25) is 0 Å². The standard InChI is InChI=1S/C10H18N2O2S/c1-9(2,3)14-8(13)12-6-10(4-5-10)7(11)15/h4-6H2,1-3H3,(H2,11,15)(H,12,13). The molecule has 0 heterocycles. The van der Waals surface area contributed by atoms with E-state index in [4.69, 9.17) is 22.7 Å². The fraction of sp³-hybridized carbons (Fsp3) is 0.800. The summed E-state index contributed by atoms with van der Waals surface area (Å²) in [5.74, 6) is 0. The van der Waals surface area contributed by atoms with Crippen LogP contribution in [0, 0.1) is 5.41 Å². The number of amides is 1. The van der Waals surface area contributed by atoms with Crippen LogP contribution in [-0.4, -0.2) is 23.2 Å². The molecule has 3 N–H and O–H groups in total. The van der Waals surface area contributed by atoms with Gasteiger partial charge in [0.15, 0.2) is 0 Å². The quantitative estimate of drug-likeness (QED) is 0.722. The van der Waals surface area contributed by atoms with Gasteiger partial charge >= 0.3 is 6.09 Å². The maximum atomic E-state index is 11.3. The minimum atomic E-state index is -0.468. The fourth-order valence-electron chi connectivity index (χ4n) is 1.22. The van der Waals surface area contributed by atoms with E-state index >= 15 is 0 Å². The van der Waals surface area contributed by atoms with Gasteiger partial charge in [-0.15, -0.1) is 0 Å². The number of thiocarbonyl (C=S) groups is 1. The molecule has 86 valence electrons. The summed E-state index contributed by atoms with van der Waals surface area (Å²) in [5.41, 5.74) is 4.97. The zero-order chi connectivity index (χ0) is 11.7. The lowest BCUT2D eigenvalue weighted by atomic mass is 10.1. The van der Waals surface area contributed by atoms with E-state index in [2.05, 4.69) is 5.32 Å². The number of hydrogen-bond acceptors (Lipinski definition) is 3. The van der Waals surface area contributed by atoms with Crippen LogP contribution in [0.5, 0.6) is 0 Å². The topological polar surface area (TPSA) is 64.3 Å². The molecule has 0 saturated heterocycles. The van der Waals surface area contributed by atoms with Crippen molar-refractivity contribution in [3.63, 3.8) is 0 Å². The van der Waals surface area contributed by atoms with Crippen molar-refractivity contribution in [2.75, 3.05) is 6.54 Å². The van der Waals surface area contributed by atoms with Gasteiger partial charge in [0, 0.05) is 12.0 Å². The molecule has 15 heavy (non-hydrogen) atoms. The average molecular weight is 230 g/mol. The lowest BCUT2D eigenvalue weighted by molar-refractivity contribution is 0.0522. The molecule has 0 aromatic carbocycles. The van der Waals surface area contributed by atoms with E-state index in [1.165, 1.54) is 0 Å². The zero-order valence-corrected chi connectivity index (χ0v) is 10.2. The van der Waals surface area contributed by atoms with Crippen molar-refractivity contribution in [3.05, 3.63) is 0 Å². The summed E-state index contributed by atoms with van der Waals surface area (Å²) in [6.45, 7) is 5.96. The molecule has 1 aliphatic rings. The molecule has 0 spiro atoms. The van der Waals surface area contributed by atoms with Crippen LogP contribution in [0.15, 0.2) is 0 Å². The van der Waals surface area contributed by atoms with E-state index in [0.29, 0.717) is 11.5 Å². The Morgan fingerprint density at radius 2 is 2.07 bits per heavy atom. The molecule has 1 aliphatic carbocycles. The fourth-order valence-corrected chi connectivity index (χ4v) is 1.49. The number of carbonyl (C=O) groups is 1. The van der Waals surface area contributed by atoms with Gasteiger partial charge in [-0.25, -0.2) is 4.79 Å². The summed E-state index contributed by atoms with van der Waals surface area (Å²) >= 11 is 4.94. The highest BCUT2D eigenvalue weighted by Gasteiger charge is 2.45. The minimum absolute atomic E-state index is 0.147. The number of nitrogens with one attached hydrogen (secondary N) is 1. The van der Waals surface area contributed by atoms with E-state index in [1.807, 2.05) is 20.8 Å². The Labute approximate surface area is 95.5 Å². The van der Waals surface area contributed by atoms with Crippen molar-refractivity contribution in [2.24, 2.45) is 11.1 Å². The van der Waals surface area contributed by atoms with Crippen LogP contribution in [0.3, 0.4) is 0 Å². The summed E-state index contributed by atoms with van der Waals surface area (Å²) in [6.07, 6.45) is 1.50. The normalized spacial score (nSPS) is 18.1. The molecular weight excluding hydrogens is 212 g/mol. The zero-order valence-electron chi connectivity index (χ0n) is 9.42. The lowest BCUT2D eigenvalue weighted by Crippen LogP contribution is -2.39. The van der Waals surface area contributed by atoms with E-state index in [1.54, 1.807) is 0 Å². The molecule has 0 unspecified atom stereocenters. The van der Waals surface area contributed by atoms with Crippen LogP contribution in [-0.2, 0) is 4.74 Å². The van der Waals surface area contributed by atoms with Crippen LogP contribution in [0.25, 0.3) is 0 Å². The monoisotopic (exact) mass is 230 g/mol.